The van der Waals surface area contributed by atoms with Gasteiger partial charge >= 0.3 is 6.01 Å². The van der Waals surface area contributed by atoms with E-state index in [2.05, 4.69) is 21.4 Å². The maximum Gasteiger partial charge on any atom is 0.319 e. The quantitative estimate of drug-likeness (QED) is 0.413. The molecule has 0 saturated carbocycles. The second-order valence-corrected chi connectivity index (χ2v) is 10.2. The summed E-state index contributed by atoms with van der Waals surface area (Å²) < 4.78 is 50.2. The van der Waals surface area contributed by atoms with E-state index in [-0.39, 0.29) is 45.6 Å². The summed E-state index contributed by atoms with van der Waals surface area (Å²) in [7, 11) is 0. The van der Waals surface area contributed by atoms with Gasteiger partial charge in [-0.3, -0.25) is 9.69 Å². The molecule has 5 rings (SSSR count). The molecule has 3 heterocycles. The Bertz CT molecular complexity index is 1410. The van der Waals surface area contributed by atoms with Gasteiger partial charge in [-0.25, -0.2) is 13.2 Å². The second kappa shape index (κ2) is 11.9. The zero-order valence-electron chi connectivity index (χ0n) is 21.8. The predicted molar refractivity (Wildman–Crippen MR) is 147 cm³/mol. The third-order valence-electron chi connectivity index (χ3n) is 7.31. The SMILES string of the molecule is C=CC(=O)N1CCN(c2nc(OCCN3CCC(F)CC3)nc3c(F)c(-c4c(O)cccc4F)c(Cl)cc23)CC1. The first-order valence-electron chi connectivity index (χ1n) is 13.1. The van der Waals surface area contributed by atoms with Crippen molar-refractivity contribution in [2.75, 3.05) is 57.3 Å². The van der Waals surface area contributed by atoms with Crippen molar-refractivity contribution in [2.45, 2.75) is 19.0 Å². The Morgan fingerprint density at radius 3 is 2.52 bits per heavy atom. The van der Waals surface area contributed by atoms with Gasteiger partial charge in [0.2, 0.25) is 5.91 Å². The van der Waals surface area contributed by atoms with Crippen molar-refractivity contribution in [1.82, 2.24) is 19.8 Å². The van der Waals surface area contributed by atoms with Gasteiger partial charge in [0.05, 0.1) is 10.6 Å². The van der Waals surface area contributed by atoms with E-state index in [0.717, 1.165) is 6.07 Å². The molecule has 1 aromatic heterocycles. The Labute approximate surface area is 234 Å². The second-order valence-electron chi connectivity index (χ2n) is 9.79. The molecule has 0 spiro atoms. The minimum atomic E-state index is -0.929. The highest BCUT2D eigenvalue weighted by Crippen LogP contribution is 2.42. The van der Waals surface area contributed by atoms with Crippen molar-refractivity contribution in [1.29, 1.82) is 0 Å². The number of piperidine rings is 1. The highest BCUT2D eigenvalue weighted by Gasteiger charge is 2.28. The first-order valence-corrected chi connectivity index (χ1v) is 13.5. The molecule has 2 aliphatic heterocycles. The standard InChI is InChI=1S/C28H29ClF3N5O3/c1-2-22(39)36-10-12-37(13-11-36)27-18-16-19(29)23(24-20(31)4-3-5-21(24)38)25(32)26(18)33-28(34-27)40-15-14-35-8-6-17(30)7-9-35/h2-5,16-17,38H,1,6-15H2. The third kappa shape index (κ3) is 5.66. The number of fused-ring (bicyclic) bond motifs is 1. The number of rotatable bonds is 7. The summed E-state index contributed by atoms with van der Waals surface area (Å²) in [5.74, 6) is -2.07. The first-order chi connectivity index (χ1) is 19.3. The predicted octanol–water partition coefficient (Wildman–Crippen LogP) is 4.58. The number of hydrogen-bond donors (Lipinski definition) is 1. The fourth-order valence-corrected chi connectivity index (χ4v) is 5.40. The van der Waals surface area contributed by atoms with Crippen LogP contribution >= 0.6 is 11.6 Å². The molecular formula is C28H29ClF3N5O3. The summed E-state index contributed by atoms with van der Waals surface area (Å²) in [6.07, 6.45) is 1.40. The molecule has 212 valence electrons. The highest BCUT2D eigenvalue weighted by molar-refractivity contribution is 6.34. The van der Waals surface area contributed by atoms with Crippen molar-refractivity contribution >= 4 is 34.2 Å². The lowest BCUT2D eigenvalue weighted by atomic mass is 10.0. The zero-order chi connectivity index (χ0) is 28.4. The molecule has 0 unspecified atom stereocenters. The van der Waals surface area contributed by atoms with Crippen LogP contribution in [0.1, 0.15) is 12.8 Å². The van der Waals surface area contributed by atoms with Gasteiger partial charge in [-0.2, -0.15) is 9.97 Å². The number of ether oxygens (including phenoxy) is 1. The van der Waals surface area contributed by atoms with Crippen molar-refractivity contribution in [3.63, 3.8) is 0 Å². The highest BCUT2D eigenvalue weighted by atomic mass is 35.5. The monoisotopic (exact) mass is 575 g/mol. The Kier molecular flexibility index (Phi) is 8.32. The van der Waals surface area contributed by atoms with Crippen LogP contribution in [-0.2, 0) is 4.79 Å². The zero-order valence-corrected chi connectivity index (χ0v) is 22.5. The topological polar surface area (TPSA) is 82.0 Å². The van der Waals surface area contributed by atoms with Gasteiger partial charge in [0.25, 0.3) is 0 Å². The molecule has 1 amide bonds. The molecule has 0 atom stereocenters. The van der Waals surface area contributed by atoms with Crippen LogP contribution in [0.2, 0.25) is 5.02 Å². The Morgan fingerprint density at radius 2 is 1.85 bits per heavy atom. The number of anilines is 1. The average Bonchev–Trinajstić information content (AvgIpc) is 2.95. The average molecular weight is 576 g/mol. The summed E-state index contributed by atoms with van der Waals surface area (Å²) in [4.78, 5) is 26.6. The number of piperazine rings is 1. The minimum absolute atomic E-state index is 0.0857. The van der Waals surface area contributed by atoms with Crippen LogP contribution in [0.4, 0.5) is 19.0 Å². The van der Waals surface area contributed by atoms with Gasteiger partial charge in [0, 0.05) is 56.8 Å². The molecule has 3 aromatic rings. The Hall–Kier alpha value is -3.57. The van der Waals surface area contributed by atoms with E-state index in [4.69, 9.17) is 16.3 Å². The number of amides is 1. The summed E-state index contributed by atoms with van der Waals surface area (Å²) in [5.41, 5.74) is -0.844. The van der Waals surface area contributed by atoms with Gasteiger partial charge in [-0.1, -0.05) is 24.2 Å². The van der Waals surface area contributed by atoms with Crippen LogP contribution in [0.15, 0.2) is 36.9 Å². The number of likely N-dealkylation sites (tertiary alicyclic amines) is 1. The number of phenolic OH excluding ortho intramolecular Hbond substituents is 1. The molecule has 2 aromatic carbocycles. The number of halogens is 4. The van der Waals surface area contributed by atoms with E-state index in [9.17, 15) is 18.7 Å². The van der Waals surface area contributed by atoms with Gasteiger partial charge in [-0.15, -0.1) is 0 Å². The summed E-state index contributed by atoms with van der Waals surface area (Å²) in [5, 5.41) is 10.5. The van der Waals surface area contributed by atoms with Crippen molar-refractivity contribution in [3.8, 4) is 22.9 Å². The smallest absolute Gasteiger partial charge is 0.319 e. The van der Waals surface area contributed by atoms with Crippen molar-refractivity contribution in [3.05, 3.63) is 53.6 Å². The molecule has 0 bridgehead atoms. The van der Waals surface area contributed by atoms with E-state index in [1.54, 1.807) is 4.90 Å². The molecule has 2 aliphatic rings. The summed E-state index contributed by atoms with van der Waals surface area (Å²) in [6.45, 7) is 7.07. The van der Waals surface area contributed by atoms with E-state index in [1.807, 2.05) is 4.90 Å². The molecule has 0 aliphatic carbocycles. The number of carbonyl (C=O) groups is 1. The molecule has 12 heteroatoms. The lowest BCUT2D eigenvalue weighted by Crippen LogP contribution is -2.48. The number of aromatic nitrogens is 2. The largest absolute Gasteiger partial charge is 0.507 e. The Balaban J connectivity index is 1.52. The number of hydrogen-bond acceptors (Lipinski definition) is 7. The number of phenols is 1. The molecule has 40 heavy (non-hydrogen) atoms. The molecule has 8 nitrogen and oxygen atoms in total. The van der Waals surface area contributed by atoms with Crippen LogP contribution in [0.3, 0.4) is 0 Å². The Morgan fingerprint density at radius 1 is 1.12 bits per heavy atom. The van der Waals surface area contributed by atoms with Gasteiger partial charge in [-0.05, 0) is 37.1 Å². The van der Waals surface area contributed by atoms with Crippen molar-refractivity contribution in [2.24, 2.45) is 0 Å². The maximum atomic E-state index is 16.1. The van der Waals surface area contributed by atoms with E-state index < -0.39 is 23.6 Å². The minimum Gasteiger partial charge on any atom is -0.507 e. The van der Waals surface area contributed by atoms with Crippen LogP contribution in [-0.4, -0.2) is 89.4 Å². The van der Waals surface area contributed by atoms with Crippen LogP contribution in [0.25, 0.3) is 22.0 Å². The lowest BCUT2D eigenvalue weighted by molar-refractivity contribution is -0.126. The number of nitrogens with zero attached hydrogens (tertiary/aromatic N) is 5. The fourth-order valence-electron chi connectivity index (χ4n) is 5.11. The number of benzene rings is 2. The normalized spacial score (nSPS) is 16.9. The summed E-state index contributed by atoms with van der Waals surface area (Å²) >= 11 is 6.48. The number of carbonyl (C=O) groups excluding carboxylic acids is 1. The first kappa shape index (κ1) is 28.0. The lowest BCUT2D eigenvalue weighted by Gasteiger charge is -2.35. The van der Waals surface area contributed by atoms with Gasteiger partial charge in [0.15, 0.2) is 5.82 Å². The molecule has 2 fully saturated rings. The van der Waals surface area contributed by atoms with Gasteiger partial charge < -0.3 is 19.6 Å². The van der Waals surface area contributed by atoms with E-state index in [1.165, 1.54) is 24.3 Å². The molecule has 1 N–H and O–H groups in total. The maximum absolute atomic E-state index is 16.1. The molecular weight excluding hydrogens is 547 g/mol. The number of aromatic hydroxyl groups is 1. The number of alkyl halides is 1. The summed E-state index contributed by atoms with van der Waals surface area (Å²) in [6, 6.07) is 5.01. The van der Waals surface area contributed by atoms with Crippen LogP contribution < -0.4 is 9.64 Å². The fraction of sp³-hybridized carbons (Fsp3) is 0.393. The third-order valence-corrected chi connectivity index (χ3v) is 7.60. The van der Waals surface area contributed by atoms with Crippen LogP contribution in [0.5, 0.6) is 11.8 Å². The van der Waals surface area contributed by atoms with E-state index >= 15 is 4.39 Å². The molecule has 0 radical (unpaired) electrons. The van der Waals surface area contributed by atoms with E-state index in [0.29, 0.717) is 64.5 Å². The van der Waals surface area contributed by atoms with Crippen LogP contribution in [0, 0.1) is 11.6 Å². The van der Waals surface area contributed by atoms with Gasteiger partial charge in [0.1, 0.15) is 35.7 Å². The van der Waals surface area contributed by atoms with Crippen molar-refractivity contribution < 1.29 is 27.8 Å². The molecule has 2 saturated heterocycles.